The monoisotopic (exact) mass is 223 g/mol. The van der Waals surface area contributed by atoms with Crippen LogP contribution in [0.2, 0.25) is 0 Å². The molecule has 2 rings (SSSR count). The Hall–Kier alpha value is -1.46. The van der Waals surface area contributed by atoms with Crippen LogP contribution in [0.1, 0.15) is 33.5 Å². The van der Waals surface area contributed by atoms with Gasteiger partial charge in [0, 0.05) is 5.92 Å². The smallest absolute Gasteiger partial charge is 0.224 e. The van der Waals surface area contributed by atoms with Gasteiger partial charge in [-0.3, -0.25) is 4.79 Å². The van der Waals surface area contributed by atoms with Gasteiger partial charge in [0.2, 0.25) is 5.91 Å². The predicted octanol–water partition coefficient (Wildman–Crippen LogP) is 0.498. The molecule has 1 aliphatic rings. The van der Waals surface area contributed by atoms with Gasteiger partial charge in [-0.05, 0) is 10.8 Å². The van der Waals surface area contributed by atoms with Crippen molar-refractivity contribution in [1.29, 1.82) is 0 Å². The van der Waals surface area contributed by atoms with Crippen LogP contribution in [0.15, 0.2) is 0 Å². The number of hydrogen-bond donors (Lipinski definition) is 2. The van der Waals surface area contributed by atoms with Crippen LogP contribution in [0.25, 0.3) is 0 Å². The van der Waals surface area contributed by atoms with E-state index in [0.717, 1.165) is 0 Å². The normalized spacial score (nSPS) is 21.8. The molecule has 2 N–H and O–H groups in total. The van der Waals surface area contributed by atoms with Crippen LogP contribution in [0.4, 0.5) is 0 Å². The molecule has 6 nitrogen and oxygen atoms in total. The van der Waals surface area contributed by atoms with Crippen molar-refractivity contribution in [3.63, 3.8) is 0 Å². The summed E-state index contributed by atoms with van der Waals surface area (Å²) in [4.78, 5) is 11.9. The molecule has 16 heavy (non-hydrogen) atoms. The van der Waals surface area contributed by atoms with Crippen molar-refractivity contribution in [1.82, 2.24) is 25.9 Å². The molecule has 1 amide bonds. The van der Waals surface area contributed by atoms with Crippen LogP contribution in [-0.4, -0.2) is 26.5 Å². The number of rotatable bonds is 3. The Kier molecular flexibility index (Phi) is 2.25. The first-order valence-electron chi connectivity index (χ1n) is 5.37. The average Bonchev–Trinajstić information content (AvgIpc) is 2.61. The van der Waals surface area contributed by atoms with E-state index in [9.17, 15) is 4.79 Å². The Bertz CT molecular complexity index is 381. The highest BCUT2D eigenvalue weighted by molar-refractivity contribution is 5.84. The van der Waals surface area contributed by atoms with Crippen LogP contribution >= 0.6 is 0 Å². The fourth-order valence-electron chi connectivity index (χ4n) is 2.38. The van der Waals surface area contributed by atoms with Crippen molar-refractivity contribution in [2.45, 2.75) is 34.2 Å². The van der Waals surface area contributed by atoms with E-state index in [1.165, 1.54) is 0 Å². The summed E-state index contributed by atoms with van der Waals surface area (Å²) in [5, 5.41) is 16.2. The Balaban J connectivity index is 1.91. The van der Waals surface area contributed by atoms with E-state index in [4.69, 9.17) is 0 Å². The maximum Gasteiger partial charge on any atom is 0.224 e. The van der Waals surface area contributed by atoms with Crippen LogP contribution in [-0.2, 0) is 11.3 Å². The highest BCUT2D eigenvalue weighted by Gasteiger charge is 2.68. The maximum atomic E-state index is 11.9. The van der Waals surface area contributed by atoms with Crippen LogP contribution in [0.5, 0.6) is 0 Å². The second-order valence-electron chi connectivity index (χ2n) is 5.42. The molecule has 6 heteroatoms. The number of tetrazole rings is 1. The standard InChI is InChI=1S/C10H17N5O/c1-9(2)7(10(9,3)4)8(16)11-5-6-12-14-15-13-6/h7H,5H2,1-4H3,(H,11,16)(H,12,13,14,15). The van der Waals surface area contributed by atoms with Gasteiger partial charge in [0.25, 0.3) is 0 Å². The molecule has 88 valence electrons. The van der Waals surface area contributed by atoms with Crippen molar-refractivity contribution in [2.24, 2.45) is 16.7 Å². The molecule has 1 heterocycles. The van der Waals surface area contributed by atoms with E-state index < -0.39 is 0 Å². The third-order valence-corrected chi connectivity index (χ3v) is 4.09. The molecule has 1 aliphatic carbocycles. The summed E-state index contributed by atoms with van der Waals surface area (Å²) in [6, 6.07) is 0. The second-order valence-corrected chi connectivity index (χ2v) is 5.42. The number of aromatic nitrogens is 4. The Morgan fingerprint density at radius 2 is 2.00 bits per heavy atom. The van der Waals surface area contributed by atoms with Gasteiger partial charge in [0.05, 0.1) is 6.54 Å². The number of nitrogens with one attached hydrogen (secondary N) is 2. The summed E-state index contributed by atoms with van der Waals surface area (Å²) < 4.78 is 0. The zero-order valence-electron chi connectivity index (χ0n) is 10.0. The van der Waals surface area contributed by atoms with Gasteiger partial charge >= 0.3 is 0 Å². The first-order chi connectivity index (χ1) is 7.37. The molecule has 0 bridgehead atoms. The molecule has 1 aromatic heterocycles. The highest BCUT2D eigenvalue weighted by atomic mass is 16.2. The van der Waals surface area contributed by atoms with E-state index in [1.54, 1.807) is 0 Å². The molecule has 1 fully saturated rings. The minimum Gasteiger partial charge on any atom is -0.348 e. The zero-order chi connectivity index (χ0) is 12.0. The number of nitrogens with zero attached hydrogens (tertiary/aromatic N) is 3. The van der Waals surface area contributed by atoms with Crippen molar-refractivity contribution < 1.29 is 4.79 Å². The summed E-state index contributed by atoms with van der Waals surface area (Å²) >= 11 is 0. The lowest BCUT2D eigenvalue weighted by atomic mass is 10.0. The molecule has 0 spiro atoms. The lowest BCUT2D eigenvalue weighted by molar-refractivity contribution is -0.123. The van der Waals surface area contributed by atoms with Gasteiger partial charge < -0.3 is 5.32 Å². The number of amides is 1. The van der Waals surface area contributed by atoms with E-state index in [1.807, 2.05) is 0 Å². The van der Waals surface area contributed by atoms with Gasteiger partial charge in [-0.15, -0.1) is 10.2 Å². The Morgan fingerprint density at radius 1 is 1.38 bits per heavy atom. The maximum absolute atomic E-state index is 11.9. The SMILES string of the molecule is CC1(C)C(C(=O)NCc2nn[nH]n2)C1(C)C. The number of carbonyl (C=O) groups is 1. The summed E-state index contributed by atoms with van der Waals surface area (Å²) in [7, 11) is 0. The van der Waals surface area contributed by atoms with Crippen LogP contribution in [0.3, 0.4) is 0 Å². The van der Waals surface area contributed by atoms with E-state index in [-0.39, 0.29) is 22.7 Å². The lowest BCUT2D eigenvalue weighted by Crippen LogP contribution is -2.27. The first-order valence-corrected chi connectivity index (χ1v) is 5.37. The fourth-order valence-corrected chi connectivity index (χ4v) is 2.38. The van der Waals surface area contributed by atoms with Gasteiger partial charge in [-0.2, -0.15) is 5.21 Å². The summed E-state index contributed by atoms with van der Waals surface area (Å²) in [5.74, 6) is 0.635. The topological polar surface area (TPSA) is 83.6 Å². The Labute approximate surface area is 94.2 Å². The molecule has 0 aromatic carbocycles. The van der Waals surface area contributed by atoms with Gasteiger partial charge in [-0.25, -0.2) is 0 Å². The molecule has 0 atom stereocenters. The van der Waals surface area contributed by atoms with Crippen molar-refractivity contribution in [2.75, 3.05) is 0 Å². The molecule has 1 saturated carbocycles. The fraction of sp³-hybridized carbons (Fsp3) is 0.800. The van der Waals surface area contributed by atoms with E-state index >= 15 is 0 Å². The summed E-state index contributed by atoms with van der Waals surface area (Å²) in [6.07, 6.45) is 0. The minimum atomic E-state index is 0.0619. The summed E-state index contributed by atoms with van der Waals surface area (Å²) in [5.41, 5.74) is 0.128. The molecule has 0 unspecified atom stereocenters. The number of aromatic amines is 1. The number of carbonyl (C=O) groups excluding carboxylic acids is 1. The van der Waals surface area contributed by atoms with Crippen molar-refractivity contribution >= 4 is 5.91 Å². The third-order valence-electron chi connectivity index (χ3n) is 4.09. The van der Waals surface area contributed by atoms with Crippen LogP contribution in [0, 0.1) is 16.7 Å². The van der Waals surface area contributed by atoms with Crippen LogP contribution < -0.4 is 5.32 Å². The molecule has 0 aliphatic heterocycles. The van der Waals surface area contributed by atoms with Crippen molar-refractivity contribution in [3.8, 4) is 0 Å². The van der Waals surface area contributed by atoms with Gasteiger partial charge in [-0.1, -0.05) is 32.9 Å². The average molecular weight is 223 g/mol. The molecule has 1 aromatic rings. The van der Waals surface area contributed by atoms with E-state index in [2.05, 4.69) is 53.6 Å². The van der Waals surface area contributed by atoms with Crippen molar-refractivity contribution in [3.05, 3.63) is 5.82 Å². The predicted molar refractivity (Wildman–Crippen MR) is 57.1 cm³/mol. The molecule has 0 radical (unpaired) electrons. The molecule has 0 saturated heterocycles. The first kappa shape index (κ1) is 11.0. The number of H-pyrrole nitrogens is 1. The minimum absolute atomic E-state index is 0.0619. The number of hydrogen-bond acceptors (Lipinski definition) is 4. The second kappa shape index (κ2) is 3.26. The van der Waals surface area contributed by atoms with E-state index in [0.29, 0.717) is 12.4 Å². The molecular weight excluding hydrogens is 206 g/mol. The van der Waals surface area contributed by atoms with Gasteiger partial charge in [0.1, 0.15) is 0 Å². The lowest BCUT2D eigenvalue weighted by Gasteiger charge is -2.03. The molecular formula is C10H17N5O. The largest absolute Gasteiger partial charge is 0.348 e. The Morgan fingerprint density at radius 3 is 2.44 bits per heavy atom. The third kappa shape index (κ3) is 1.48. The van der Waals surface area contributed by atoms with Gasteiger partial charge in [0.15, 0.2) is 5.82 Å². The quantitative estimate of drug-likeness (QED) is 0.781. The summed E-state index contributed by atoms with van der Waals surface area (Å²) in [6.45, 7) is 8.80. The zero-order valence-corrected chi connectivity index (χ0v) is 10.0. The highest BCUT2D eigenvalue weighted by Crippen LogP contribution is 2.68.